The number of allylic oxidation sites excluding steroid dienone is 1. The smallest absolute Gasteiger partial charge is 0.407 e. The summed E-state index contributed by atoms with van der Waals surface area (Å²) in [6.45, 7) is 2.52. The zero-order valence-electron chi connectivity index (χ0n) is 19.9. The van der Waals surface area contributed by atoms with E-state index < -0.39 is 18.0 Å². The van der Waals surface area contributed by atoms with Crippen LogP contribution in [-0.2, 0) is 14.3 Å². The quantitative estimate of drug-likeness (QED) is 0.366. The number of nitrogens with one attached hydrogen (secondary N) is 2. The molecule has 0 aromatic heterocycles. The van der Waals surface area contributed by atoms with E-state index in [0.717, 1.165) is 0 Å². The Hall–Kier alpha value is -3.61. The van der Waals surface area contributed by atoms with Gasteiger partial charge in [0.2, 0.25) is 5.91 Å². The molecule has 4 rings (SSSR count). The van der Waals surface area contributed by atoms with Crippen molar-refractivity contribution in [2.24, 2.45) is 11.8 Å². The van der Waals surface area contributed by atoms with Crippen molar-refractivity contribution in [3.63, 3.8) is 0 Å². The van der Waals surface area contributed by atoms with Crippen molar-refractivity contribution in [2.45, 2.75) is 44.6 Å². The first-order valence-corrected chi connectivity index (χ1v) is 12.2. The van der Waals surface area contributed by atoms with Crippen molar-refractivity contribution < 1.29 is 24.2 Å². The Morgan fingerprint density at radius 2 is 1.71 bits per heavy atom. The van der Waals surface area contributed by atoms with E-state index in [1.54, 1.807) is 0 Å². The van der Waals surface area contributed by atoms with Gasteiger partial charge >= 0.3 is 12.1 Å². The van der Waals surface area contributed by atoms with Gasteiger partial charge < -0.3 is 20.5 Å². The lowest BCUT2D eigenvalue weighted by molar-refractivity contribution is -0.142. The van der Waals surface area contributed by atoms with Crippen LogP contribution >= 0.6 is 0 Å². The number of hydrogen-bond acceptors (Lipinski definition) is 4. The number of carbonyl (C=O) groups excluding carboxylic acids is 2. The third kappa shape index (κ3) is 5.91. The number of alkyl carbamates (subject to hydrolysis) is 1. The summed E-state index contributed by atoms with van der Waals surface area (Å²) in [5.74, 6) is -1.61. The third-order valence-electron chi connectivity index (χ3n) is 6.88. The Morgan fingerprint density at radius 1 is 1.06 bits per heavy atom. The van der Waals surface area contributed by atoms with Crippen LogP contribution in [0.3, 0.4) is 0 Å². The molecule has 0 saturated carbocycles. The molecule has 0 bridgehead atoms. The molecule has 3 atom stereocenters. The fourth-order valence-electron chi connectivity index (χ4n) is 4.90. The molecular weight excluding hydrogens is 444 g/mol. The molecule has 7 heteroatoms. The SMILES string of the molecule is CC(CCCNC(=O)OCC1c2ccccc2-c2ccccc21)C(=O)N[C@@H]1C=CC[C@@H](C(=O)O)C1. The number of carbonyl (C=O) groups is 3. The van der Waals surface area contributed by atoms with Crippen LogP contribution < -0.4 is 10.6 Å². The van der Waals surface area contributed by atoms with Crippen molar-refractivity contribution in [1.29, 1.82) is 0 Å². The highest BCUT2D eigenvalue weighted by Crippen LogP contribution is 2.44. The first-order valence-electron chi connectivity index (χ1n) is 12.2. The second-order valence-corrected chi connectivity index (χ2v) is 9.35. The van der Waals surface area contributed by atoms with E-state index in [0.29, 0.717) is 32.2 Å². The van der Waals surface area contributed by atoms with Crippen LogP contribution in [0.5, 0.6) is 0 Å². The van der Waals surface area contributed by atoms with Crippen LogP contribution in [0.25, 0.3) is 11.1 Å². The molecular formula is C28H32N2O5. The molecule has 7 nitrogen and oxygen atoms in total. The molecule has 2 aromatic carbocycles. The molecule has 2 amide bonds. The van der Waals surface area contributed by atoms with Crippen LogP contribution in [-0.4, -0.2) is 42.3 Å². The number of amides is 2. The van der Waals surface area contributed by atoms with Gasteiger partial charge in [0.15, 0.2) is 0 Å². The average Bonchev–Trinajstić information content (AvgIpc) is 3.19. The highest BCUT2D eigenvalue weighted by atomic mass is 16.5. The van der Waals surface area contributed by atoms with E-state index in [1.165, 1.54) is 22.3 Å². The lowest BCUT2D eigenvalue weighted by Crippen LogP contribution is -2.40. The van der Waals surface area contributed by atoms with Crippen LogP contribution in [0.2, 0.25) is 0 Å². The van der Waals surface area contributed by atoms with Crippen LogP contribution in [0.1, 0.15) is 49.7 Å². The first-order chi connectivity index (χ1) is 16.9. The van der Waals surface area contributed by atoms with Crippen molar-refractivity contribution in [1.82, 2.24) is 10.6 Å². The van der Waals surface area contributed by atoms with Gasteiger partial charge in [-0.1, -0.05) is 67.6 Å². The van der Waals surface area contributed by atoms with Crippen LogP contribution in [0.4, 0.5) is 4.79 Å². The van der Waals surface area contributed by atoms with Crippen molar-refractivity contribution in [3.05, 3.63) is 71.8 Å². The van der Waals surface area contributed by atoms with E-state index in [1.807, 2.05) is 43.3 Å². The average molecular weight is 477 g/mol. The molecule has 0 heterocycles. The number of carboxylic acids is 1. The zero-order valence-corrected chi connectivity index (χ0v) is 19.9. The predicted octanol–water partition coefficient (Wildman–Crippen LogP) is 4.48. The summed E-state index contributed by atoms with van der Waals surface area (Å²) >= 11 is 0. The maximum Gasteiger partial charge on any atom is 0.407 e. The summed E-state index contributed by atoms with van der Waals surface area (Å²) in [6, 6.07) is 16.2. The zero-order chi connectivity index (χ0) is 24.8. The lowest BCUT2D eigenvalue weighted by atomic mass is 9.90. The van der Waals surface area contributed by atoms with E-state index in [2.05, 4.69) is 34.9 Å². The van der Waals surface area contributed by atoms with Gasteiger partial charge in [-0.25, -0.2) is 4.79 Å². The summed E-state index contributed by atoms with van der Waals surface area (Å²) in [7, 11) is 0. The lowest BCUT2D eigenvalue weighted by Gasteiger charge is -2.24. The standard InChI is InChI=1S/C28H32N2O5/c1-18(26(31)30-20-10-6-9-19(16-20)27(32)33)8-7-15-29-28(34)35-17-25-23-13-4-2-11-21(23)22-12-3-5-14-24(22)25/h2-6,10-14,18-20,25H,7-9,15-17H2,1H3,(H,29,34)(H,30,31)(H,32,33)/t18?,19-,20-/m1/s1. The number of carboxylic acid groups (broad SMARTS) is 1. The van der Waals surface area contributed by atoms with E-state index in [4.69, 9.17) is 4.74 Å². The largest absolute Gasteiger partial charge is 0.481 e. The van der Waals surface area contributed by atoms with Gasteiger partial charge in [-0.3, -0.25) is 9.59 Å². The van der Waals surface area contributed by atoms with Crippen molar-refractivity contribution in [3.8, 4) is 11.1 Å². The number of fused-ring (bicyclic) bond motifs is 3. The molecule has 0 spiro atoms. The van der Waals surface area contributed by atoms with E-state index >= 15 is 0 Å². The Morgan fingerprint density at radius 3 is 2.37 bits per heavy atom. The summed E-state index contributed by atoms with van der Waals surface area (Å²) in [6.07, 6.45) is 5.37. The highest BCUT2D eigenvalue weighted by molar-refractivity contribution is 5.80. The number of ether oxygens (including phenoxy) is 1. The molecule has 2 aliphatic rings. The molecule has 0 radical (unpaired) electrons. The van der Waals surface area contributed by atoms with E-state index in [9.17, 15) is 19.5 Å². The monoisotopic (exact) mass is 476 g/mol. The fraction of sp³-hybridized carbons (Fsp3) is 0.393. The minimum atomic E-state index is -0.832. The molecule has 2 aromatic rings. The molecule has 1 unspecified atom stereocenters. The number of rotatable bonds is 9. The van der Waals surface area contributed by atoms with Gasteiger partial charge in [0.05, 0.1) is 5.92 Å². The number of aliphatic carboxylic acids is 1. The molecule has 0 fully saturated rings. The van der Waals surface area contributed by atoms with E-state index in [-0.39, 0.29) is 30.4 Å². The summed E-state index contributed by atoms with van der Waals surface area (Å²) < 4.78 is 5.54. The van der Waals surface area contributed by atoms with Gasteiger partial charge in [0.25, 0.3) is 0 Å². The van der Waals surface area contributed by atoms with Crippen LogP contribution in [0, 0.1) is 11.8 Å². The molecule has 184 valence electrons. The Bertz CT molecular complexity index is 1070. The molecule has 35 heavy (non-hydrogen) atoms. The Kier molecular flexibility index (Phi) is 7.85. The topological polar surface area (TPSA) is 105 Å². The van der Waals surface area contributed by atoms with Gasteiger partial charge in [0.1, 0.15) is 6.61 Å². The van der Waals surface area contributed by atoms with Crippen molar-refractivity contribution >= 4 is 18.0 Å². The van der Waals surface area contributed by atoms with Gasteiger partial charge in [0, 0.05) is 24.4 Å². The molecule has 0 saturated heterocycles. The minimum Gasteiger partial charge on any atom is -0.481 e. The first kappa shape index (κ1) is 24.5. The maximum atomic E-state index is 12.5. The molecule has 0 aliphatic heterocycles. The van der Waals surface area contributed by atoms with Gasteiger partial charge in [-0.05, 0) is 47.9 Å². The number of hydrogen-bond donors (Lipinski definition) is 3. The molecule has 3 N–H and O–H groups in total. The minimum absolute atomic E-state index is 0.0198. The molecule has 2 aliphatic carbocycles. The van der Waals surface area contributed by atoms with Crippen molar-refractivity contribution in [2.75, 3.05) is 13.2 Å². The fourth-order valence-corrected chi connectivity index (χ4v) is 4.90. The normalized spacial score (nSPS) is 19.3. The highest BCUT2D eigenvalue weighted by Gasteiger charge is 2.29. The summed E-state index contributed by atoms with van der Waals surface area (Å²) in [4.78, 5) is 35.9. The van der Waals surface area contributed by atoms with Gasteiger partial charge in [-0.15, -0.1) is 0 Å². The number of benzene rings is 2. The second-order valence-electron chi connectivity index (χ2n) is 9.35. The van der Waals surface area contributed by atoms with Crippen LogP contribution in [0.15, 0.2) is 60.7 Å². The summed E-state index contributed by atoms with van der Waals surface area (Å²) in [5, 5.41) is 14.9. The predicted molar refractivity (Wildman–Crippen MR) is 133 cm³/mol. The maximum absolute atomic E-state index is 12.5. The second kappa shape index (κ2) is 11.2. The Balaban J connectivity index is 1.17. The third-order valence-corrected chi connectivity index (χ3v) is 6.88. The Labute approximate surface area is 205 Å². The summed E-state index contributed by atoms with van der Waals surface area (Å²) in [5.41, 5.74) is 4.71. The van der Waals surface area contributed by atoms with Gasteiger partial charge in [-0.2, -0.15) is 0 Å².